The van der Waals surface area contributed by atoms with Crippen molar-refractivity contribution in [2.24, 2.45) is 11.7 Å². The molecule has 21 heavy (non-hydrogen) atoms. The zero-order valence-electron chi connectivity index (χ0n) is 12.9. The van der Waals surface area contributed by atoms with E-state index in [2.05, 4.69) is 19.2 Å². The van der Waals surface area contributed by atoms with Gasteiger partial charge in [0.25, 0.3) is 0 Å². The van der Waals surface area contributed by atoms with Crippen molar-refractivity contribution in [3.8, 4) is 11.5 Å². The predicted molar refractivity (Wildman–Crippen MR) is 81.3 cm³/mol. The highest BCUT2D eigenvalue weighted by Crippen LogP contribution is 2.32. The van der Waals surface area contributed by atoms with E-state index in [0.29, 0.717) is 12.3 Å². The van der Waals surface area contributed by atoms with Crippen LogP contribution in [0.3, 0.4) is 0 Å². The van der Waals surface area contributed by atoms with E-state index in [4.69, 9.17) is 15.2 Å². The molecule has 1 amide bonds. The van der Waals surface area contributed by atoms with Crippen LogP contribution >= 0.6 is 0 Å². The molecule has 2 atom stereocenters. The first-order chi connectivity index (χ1) is 9.95. The van der Waals surface area contributed by atoms with E-state index >= 15 is 0 Å². The number of ether oxygens (including phenoxy) is 2. The maximum atomic E-state index is 12.0. The Labute approximate surface area is 125 Å². The lowest BCUT2D eigenvalue weighted by atomic mass is 10.0. The molecule has 1 heterocycles. The van der Waals surface area contributed by atoms with E-state index in [1.54, 1.807) is 0 Å². The van der Waals surface area contributed by atoms with Gasteiger partial charge in [-0.25, -0.2) is 0 Å². The maximum Gasteiger partial charge on any atom is 0.237 e. The molecule has 1 aliphatic heterocycles. The van der Waals surface area contributed by atoms with Gasteiger partial charge in [0.2, 0.25) is 12.7 Å². The number of amides is 1. The van der Waals surface area contributed by atoms with Gasteiger partial charge in [0, 0.05) is 6.04 Å². The van der Waals surface area contributed by atoms with Crippen LogP contribution in [0.15, 0.2) is 18.2 Å². The van der Waals surface area contributed by atoms with E-state index in [0.717, 1.165) is 23.5 Å². The van der Waals surface area contributed by atoms with Crippen molar-refractivity contribution < 1.29 is 14.3 Å². The van der Waals surface area contributed by atoms with Crippen molar-refractivity contribution in [3.05, 3.63) is 23.8 Å². The second-order valence-corrected chi connectivity index (χ2v) is 6.04. The molecule has 0 saturated heterocycles. The van der Waals surface area contributed by atoms with Gasteiger partial charge >= 0.3 is 0 Å². The average Bonchev–Trinajstić information content (AvgIpc) is 2.84. The largest absolute Gasteiger partial charge is 0.454 e. The number of benzene rings is 1. The molecule has 0 fully saturated rings. The topological polar surface area (TPSA) is 73.6 Å². The highest BCUT2D eigenvalue weighted by Gasteiger charge is 2.18. The van der Waals surface area contributed by atoms with Gasteiger partial charge in [-0.05, 0) is 43.4 Å². The Morgan fingerprint density at radius 2 is 2.00 bits per heavy atom. The van der Waals surface area contributed by atoms with Gasteiger partial charge < -0.3 is 20.5 Å². The lowest BCUT2D eigenvalue weighted by Crippen LogP contribution is -2.45. The predicted octanol–water partition coefficient (Wildman–Crippen LogP) is 1.84. The van der Waals surface area contributed by atoms with Crippen LogP contribution in [0.4, 0.5) is 0 Å². The molecular weight excluding hydrogens is 268 g/mol. The molecule has 3 N–H and O–H groups in total. The van der Waals surface area contributed by atoms with E-state index in [9.17, 15) is 4.79 Å². The number of fused-ring (bicyclic) bond motifs is 1. The fraction of sp³-hybridized carbons (Fsp3) is 0.562. The first-order valence-corrected chi connectivity index (χ1v) is 7.40. The van der Waals surface area contributed by atoms with Gasteiger partial charge in [-0.2, -0.15) is 0 Å². The van der Waals surface area contributed by atoms with Gasteiger partial charge in [-0.15, -0.1) is 0 Å². The Hall–Kier alpha value is -1.75. The molecule has 0 radical (unpaired) electrons. The second kappa shape index (κ2) is 6.80. The fourth-order valence-corrected chi connectivity index (χ4v) is 2.44. The molecule has 0 saturated carbocycles. The molecule has 0 aliphatic carbocycles. The molecule has 2 rings (SSSR count). The van der Waals surface area contributed by atoms with Crippen LogP contribution in [0.5, 0.6) is 11.5 Å². The van der Waals surface area contributed by atoms with E-state index in [-0.39, 0.29) is 18.7 Å². The molecule has 5 heteroatoms. The lowest BCUT2D eigenvalue weighted by molar-refractivity contribution is -0.123. The highest BCUT2D eigenvalue weighted by atomic mass is 16.7. The minimum atomic E-state index is -0.441. The summed E-state index contributed by atoms with van der Waals surface area (Å²) in [6.07, 6.45) is 1.43. The molecule has 2 unspecified atom stereocenters. The standard InChI is InChI=1S/C16H24N2O3/c1-10(2)6-13(17)16(19)18-11(3)7-12-4-5-14-15(8-12)21-9-20-14/h4-5,8,10-11,13H,6-7,9,17H2,1-3H3,(H,18,19). The van der Waals surface area contributed by atoms with E-state index < -0.39 is 6.04 Å². The second-order valence-electron chi connectivity index (χ2n) is 6.04. The quantitative estimate of drug-likeness (QED) is 0.839. The molecule has 0 bridgehead atoms. The highest BCUT2D eigenvalue weighted by molar-refractivity contribution is 5.81. The van der Waals surface area contributed by atoms with Gasteiger partial charge in [-0.3, -0.25) is 4.79 Å². The summed E-state index contributed by atoms with van der Waals surface area (Å²) in [7, 11) is 0. The molecule has 1 aliphatic rings. The zero-order chi connectivity index (χ0) is 15.4. The minimum Gasteiger partial charge on any atom is -0.454 e. The first kappa shape index (κ1) is 15.6. The van der Waals surface area contributed by atoms with Crippen LogP contribution < -0.4 is 20.5 Å². The SMILES string of the molecule is CC(C)CC(N)C(=O)NC(C)Cc1ccc2c(c1)OCO2. The van der Waals surface area contributed by atoms with Crippen LogP contribution in [0.25, 0.3) is 0 Å². The summed E-state index contributed by atoms with van der Waals surface area (Å²) in [5.74, 6) is 1.86. The smallest absolute Gasteiger partial charge is 0.237 e. The van der Waals surface area contributed by atoms with Crippen LogP contribution in [-0.4, -0.2) is 24.8 Å². The summed E-state index contributed by atoms with van der Waals surface area (Å²) in [5, 5.41) is 2.97. The van der Waals surface area contributed by atoms with Gasteiger partial charge in [0.1, 0.15) is 0 Å². The fourth-order valence-electron chi connectivity index (χ4n) is 2.44. The van der Waals surface area contributed by atoms with Gasteiger partial charge in [0.15, 0.2) is 11.5 Å². The summed E-state index contributed by atoms with van der Waals surface area (Å²) in [4.78, 5) is 12.0. The van der Waals surface area contributed by atoms with Crippen LogP contribution in [0.1, 0.15) is 32.8 Å². The average molecular weight is 292 g/mol. The Bertz CT molecular complexity index is 502. The number of rotatable bonds is 6. The molecule has 1 aromatic carbocycles. The minimum absolute atomic E-state index is 0.0242. The third kappa shape index (κ3) is 4.36. The number of carbonyl (C=O) groups is 1. The van der Waals surface area contributed by atoms with Crippen molar-refractivity contribution in [2.75, 3.05) is 6.79 Å². The Kier molecular flexibility index (Phi) is 5.07. The summed E-state index contributed by atoms with van der Waals surface area (Å²) < 4.78 is 10.6. The molecule has 1 aromatic rings. The maximum absolute atomic E-state index is 12.0. The Morgan fingerprint density at radius 3 is 2.71 bits per heavy atom. The van der Waals surface area contributed by atoms with Crippen LogP contribution in [0, 0.1) is 5.92 Å². The molecular formula is C16H24N2O3. The number of hydrogen-bond acceptors (Lipinski definition) is 4. The van der Waals surface area contributed by atoms with E-state index in [1.807, 2.05) is 25.1 Å². The Morgan fingerprint density at radius 1 is 1.29 bits per heavy atom. The van der Waals surface area contributed by atoms with Crippen molar-refractivity contribution in [1.29, 1.82) is 0 Å². The van der Waals surface area contributed by atoms with Crippen molar-refractivity contribution in [1.82, 2.24) is 5.32 Å². The number of nitrogens with two attached hydrogens (primary N) is 1. The van der Waals surface area contributed by atoms with Crippen LogP contribution in [-0.2, 0) is 11.2 Å². The van der Waals surface area contributed by atoms with Crippen LogP contribution in [0.2, 0.25) is 0 Å². The molecule has 0 spiro atoms. The molecule has 116 valence electrons. The third-order valence-corrected chi connectivity index (χ3v) is 3.43. The van der Waals surface area contributed by atoms with E-state index in [1.165, 1.54) is 0 Å². The summed E-state index contributed by atoms with van der Waals surface area (Å²) in [6.45, 7) is 6.37. The van der Waals surface area contributed by atoms with Crippen molar-refractivity contribution in [3.63, 3.8) is 0 Å². The van der Waals surface area contributed by atoms with Gasteiger partial charge in [-0.1, -0.05) is 19.9 Å². The summed E-state index contributed by atoms with van der Waals surface area (Å²) in [6, 6.07) is 5.43. The molecule has 0 aromatic heterocycles. The first-order valence-electron chi connectivity index (χ1n) is 7.40. The Balaban J connectivity index is 1.86. The third-order valence-electron chi connectivity index (χ3n) is 3.43. The summed E-state index contributed by atoms with van der Waals surface area (Å²) in [5.41, 5.74) is 6.99. The lowest BCUT2D eigenvalue weighted by Gasteiger charge is -2.19. The van der Waals surface area contributed by atoms with Gasteiger partial charge in [0.05, 0.1) is 6.04 Å². The zero-order valence-corrected chi connectivity index (χ0v) is 12.9. The van der Waals surface area contributed by atoms with Crippen molar-refractivity contribution >= 4 is 5.91 Å². The number of nitrogens with one attached hydrogen (secondary N) is 1. The summed E-state index contributed by atoms with van der Waals surface area (Å²) >= 11 is 0. The molecule has 5 nitrogen and oxygen atoms in total. The monoisotopic (exact) mass is 292 g/mol. The van der Waals surface area contributed by atoms with Crippen molar-refractivity contribution in [2.45, 2.75) is 45.7 Å². The normalized spacial score (nSPS) is 15.9. The number of carbonyl (C=O) groups excluding carboxylic acids is 1. The number of hydrogen-bond donors (Lipinski definition) is 2.